The molecule has 0 amide bonds. The molecule has 21 heavy (non-hydrogen) atoms. The van der Waals surface area contributed by atoms with E-state index in [1.165, 1.54) is 0 Å². The molecule has 0 atom stereocenters. The summed E-state index contributed by atoms with van der Waals surface area (Å²) in [6.45, 7) is 5.17. The number of hydrogen-bond acceptors (Lipinski definition) is 5. The summed E-state index contributed by atoms with van der Waals surface area (Å²) in [5.41, 5.74) is 1.24. The molecule has 5 nitrogen and oxygen atoms in total. The third kappa shape index (κ3) is 3.31. The Labute approximate surface area is 125 Å². The van der Waals surface area contributed by atoms with Crippen LogP contribution in [0.5, 0.6) is 0 Å². The lowest BCUT2D eigenvalue weighted by molar-refractivity contribution is 0.142. The molecule has 1 fully saturated rings. The van der Waals surface area contributed by atoms with Gasteiger partial charge in [-0.25, -0.2) is 0 Å². The molecule has 3 rings (SSSR count). The van der Waals surface area contributed by atoms with E-state index in [0.717, 1.165) is 43.9 Å². The highest BCUT2D eigenvalue weighted by atomic mass is 16.5. The summed E-state index contributed by atoms with van der Waals surface area (Å²) in [6, 6.07) is 9.89. The third-order valence-corrected chi connectivity index (χ3v) is 4.42. The zero-order valence-corrected chi connectivity index (χ0v) is 12.7. The molecule has 1 saturated heterocycles. The SMILES string of the molecule is CNC1(C)CCN(Cc2noc(-c3ccccc3)n2)CC1. The minimum absolute atomic E-state index is 0.267. The van der Waals surface area contributed by atoms with Crippen molar-refractivity contribution < 1.29 is 4.52 Å². The lowest BCUT2D eigenvalue weighted by Crippen LogP contribution is -2.49. The molecule has 0 radical (unpaired) electrons. The van der Waals surface area contributed by atoms with Crippen LogP contribution in [0, 0.1) is 0 Å². The van der Waals surface area contributed by atoms with Crippen LogP contribution >= 0.6 is 0 Å². The first kappa shape index (κ1) is 14.2. The second-order valence-corrected chi connectivity index (χ2v) is 5.97. The van der Waals surface area contributed by atoms with Gasteiger partial charge in [-0.05, 0) is 38.9 Å². The first-order valence-electron chi connectivity index (χ1n) is 7.48. The number of aromatic nitrogens is 2. The Kier molecular flexibility index (Phi) is 4.03. The van der Waals surface area contributed by atoms with Gasteiger partial charge in [-0.1, -0.05) is 23.4 Å². The second-order valence-electron chi connectivity index (χ2n) is 5.97. The Morgan fingerprint density at radius 1 is 1.24 bits per heavy atom. The monoisotopic (exact) mass is 286 g/mol. The van der Waals surface area contributed by atoms with E-state index < -0.39 is 0 Å². The molecule has 1 aliphatic rings. The maximum atomic E-state index is 5.35. The molecule has 2 heterocycles. The van der Waals surface area contributed by atoms with E-state index in [1.54, 1.807) is 0 Å². The summed E-state index contributed by atoms with van der Waals surface area (Å²) in [5, 5.41) is 7.51. The van der Waals surface area contributed by atoms with Gasteiger partial charge in [0, 0.05) is 24.2 Å². The van der Waals surface area contributed by atoms with E-state index in [9.17, 15) is 0 Å². The maximum absolute atomic E-state index is 5.35. The average Bonchev–Trinajstić information content (AvgIpc) is 2.99. The fourth-order valence-corrected chi connectivity index (χ4v) is 2.67. The predicted molar refractivity (Wildman–Crippen MR) is 81.7 cm³/mol. The summed E-state index contributed by atoms with van der Waals surface area (Å²) in [6.07, 6.45) is 2.29. The number of likely N-dealkylation sites (tertiary alicyclic amines) is 1. The van der Waals surface area contributed by atoms with Crippen molar-refractivity contribution >= 4 is 0 Å². The molecule has 5 heteroatoms. The quantitative estimate of drug-likeness (QED) is 0.934. The predicted octanol–water partition coefficient (Wildman–Crippen LogP) is 2.31. The van der Waals surface area contributed by atoms with Crippen molar-refractivity contribution in [3.63, 3.8) is 0 Å². The number of benzene rings is 1. The van der Waals surface area contributed by atoms with Gasteiger partial charge in [-0.15, -0.1) is 0 Å². The molecule has 1 aromatic carbocycles. The topological polar surface area (TPSA) is 54.2 Å². The van der Waals surface area contributed by atoms with Crippen LogP contribution in [0.4, 0.5) is 0 Å². The van der Waals surface area contributed by atoms with Crippen molar-refractivity contribution in [2.24, 2.45) is 0 Å². The van der Waals surface area contributed by atoms with Gasteiger partial charge in [0.25, 0.3) is 5.89 Å². The van der Waals surface area contributed by atoms with Gasteiger partial charge in [0.2, 0.25) is 0 Å². The first-order valence-corrected chi connectivity index (χ1v) is 7.48. The van der Waals surface area contributed by atoms with Gasteiger partial charge < -0.3 is 9.84 Å². The van der Waals surface area contributed by atoms with Crippen molar-refractivity contribution in [3.8, 4) is 11.5 Å². The molecular weight excluding hydrogens is 264 g/mol. The molecule has 0 saturated carbocycles. The Balaban J connectivity index is 1.61. The van der Waals surface area contributed by atoms with Crippen LogP contribution in [0.3, 0.4) is 0 Å². The summed E-state index contributed by atoms with van der Waals surface area (Å²) in [7, 11) is 2.04. The van der Waals surface area contributed by atoms with E-state index >= 15 is 0 Å². The van der Waals surface area contributed by atoms with Gasteiger partial charge in [0.15, 0.2) is 5.82 Å². The van der Waals surface area contributed by atoms with E-state index in [0.29, 0.717) is 5.89 Å². The summed E-state index contributed by atoms with van der Waals surface area (Å²) < 4.78 is 5.35. The van der Waals surface area contributed by atoms with Crippen molar-refractivity contribution in [1.82, 2.24) is 20.4 Å². The summed E-state index contributed by atoms with van der Waals surface area (Å²) in [5.74, 6) is 1.37. The highest BCUT2D eigenvalue weighted by Crippen LogP contribution is 2.22. The number of piperidine rings is 1. The molecule has 112 valence electrons. The van der Waals surface area contributed by atoms with E-state index in [-0.39, 0.29) is 5.54 Å². The average molecular weight is 286 g/mol. The molecule has 0 unspecified atom stereocenters. The molecular formula is C16H22N4O. The second kappa shape index (κ2) is 5.95. The molecule has 0 spiro atoms. The Morgan fingerprint density at radius 3 is 2.62 bits per heavy atom. The Bertz CT molecular complexity index is 573. The smallest absolute Gasteiger partial charge is 0.257 e. The fraction of sp³-hybridized carbons (Fsp3) is 0.500. The largest absolute Gasteiger partial charge is 0.334 e. The van der Waals surface area contributed by atoms with Gasteiger partial charge >= 0.3 is 0 Å². The summed E-state index contributed by atoms with van der Waals surface area (Å²) >= 11 is 0. The zero-order chi connectivity index (χ0) is 14.7. The van der Waals surface area contributed by atoms with Crippen LogP contribution in [0.15, 0.2) is 34.9 Å². The van der Waals surface area contributed by atoms with Gasteiger partial charge in [0.1, 0.15) is 0 Å². The third-order valence-electron chi connectivity index (χ3n) is 4.42. The van der Waals surface area contributed by atoms with Crippen molar-refractivity contribution in [2.45, 2.75) is 31.8 Å². The number of nitrogens with one attached hydrogen (secondary N) is 1. The van der Waals surface area contributed by atoms with E-state index in [2.05, 4.69) is 27.3 Å². The fourth-order valence-electron chi connectivity index (χ4n) is 2.67. The molecule has 0 bridgehead atoms. The Morgan fingerprint density at radius 2 is 1.95 bits per heavy atom. The summed E-state index contributed by atoms with van der Waals surface area (Å²) in [4.78, 5) is 6.88. The molecule has 1 N–H and O–H groups in total. The van der Waals surface area contributed by atoms with E-state index in [4.69, 9.17) is 4.52 Å². The van der Waals surface area contributed by atoms with E-state index in [1.807, 2.05) is 37.4 Å². The maximum Gasteiger partial charge on any atom is 0.257 e. The van der Waals surface area contributed by atoms with Crippen LogP contribution in [0.25, 0.3) is 11.5 Å². The standard InChI is InChI=1S/C16H22N4O/c1-16(17-2)8-10-20(11-9-16)12-14-18-15(21-19-14)13-6-4-3-5-7-13/h3-7,17H,8-12H2,1-2H3. The van der Waals surface area contributed by atoms with Crippen LogP contribution in [-0.2, 0) is 6.54 Å². The molecule has 1 aliphatic heterocycles. The minimum Gasteiger partial charge on any atom is -0.334 e. The van der Waals surface area contributed by atoms with Crippen LogP contribution < -0.4 is 5.32 Å². The highest BCUT2D eigenvalue weighted by molar-refractivity contribution is 5.51. The lowest BCUT2D eigenvalue weighted by atomic mass is 9.90. The number of nitrogens with zero attached hydrogens (tertiary/aromatic N) is 3. The lowest BCUT2D eigenvalue weighted by Gasteiger charge is -2.38. The Hall–Kier alpha value is -1.72. The van der Waals surface area contributed by atoms with Crippen LogP contribution in [0.2, 0.25) is 0 Å². The van der Waals surface area contributed by atoms with Crippen molar-refractivity contribution in [1.29, 1.82) is 0 Å². The zero-order valence-electron chi connectivity index (χ0n) is 12.7. The van der Waals surface area contributed by atoms with Crippen molar-refractivity contribution in [3.05, 3.63) is 36.2 Å². The highest BCUT2D eigenvalue weighted by Gasteiger charge is 2.28. The van der Waals surface area contributed by atoms with Crippen LogP contribution in [-0.4, -0.2) is 40.7 Å². The number of hydrogen-bond donors (Lipinski definition) is 1. The van der Waals surface area contributed by atoms with Gasteiger partial charge in [-0.2, -0.15) is 4.98 Å². The van der Waals surface area contributed by atoms with Gasteiger partial charge in [0.05, 0.1) is 6.54 Å². The molecule has 0 aliphatic carbocycles. The van der Waals surface area contributed by atoms with Crippen molar-refractivity contribution in [2.75, 3.05) is 20.1 Å². The molecule has 1 aromatic heterocycles. The van der Waals surface area contributed by atoms with Crippen LogP contribution in [0.1, 0.15) is 25.6 Å². The molecule has 2 aromatic rings. The van der Waals surface area contributed by atoms with Gasteiger partial charge in [-0.3, -0.25) is 4.90 Å². The number of rotatable bonds is 4. The minimum atomic E-state index is 0.267. The normalized spacial score (nSPS) is 18.8. The first-order chi connectivity index (χ1) is 10.2.